The molecule has 2 atom stereocenters. The molecule has 1 saturated carbocycles. The standard InChI is InChI=1S/C17H17NO3/c1-17-11(5-7-13(17)19)14-10-8-9(21-3)4-6-12(10)18(2)15(14)16(17)20/h4,6,8,11H,5,7H2,1-3H3/t11-,17+/m1/s1. The highest BCUT2D eigenvalue weighted by Crippen LogP contribution is 2.57. The Kier molecular flexibility index (Phi) is 2.26. The summed E-state index contributed by atoms with van der Waals surface area (Å²) < 4.78 is 7.25. The lowest BCUT2D eigenvalue weighted by Gasteiger charge is -2.21. The molecule has 0 unspecified atom stereocenters. The van der Waals surface area contributed by atoms with Crippen LogP contribution in [0.2, 0.25) is 0 Å². The number of aryl methyl sites for hydroxylation is 1. The largest absolute Gasteiger partial charge is 0.497 e. The van der Waals surface area contributed by atoms with Gasteiger partial charge in [0.25, 0.3) is 0 Å². The van der Waals surface area contributed by atoms with Gasteiger partial charge in [-0.1, -0.05) is 0 Å². The van der Waals surface area contributed by atoms with Gasteiger partial charge in [0, 0.05) is 30.3 Å². The zero-order valence-corrected chi connectivity index (χ0v) is 12.4. The zero-order valence-electron chi connectivity index (χ0n) is 12.4. The Balaban J connectivity index is 2.08. The Morgan fingerprint density at radius 1 is 1.33 bits per heavy atom. The van der Waals surface area contributed by atoms with Gasteiger partial charge in [0.1, 0.15) is 11.5 Å². The molecule has 1 heterocycles. The van der Waals surface area contributed by atoms with E-state index < -0.39 is 5.41 Å². The molecule has 0 saturated heterocycles. The second kappa shape index (κ2) is 3.75. The fraction of sp³-hybridized carbons (Fsp3) is 0.412. The Bertz CT molecular complexity index is 817. The summed E-state index contributed by atoms with van der Waals surface area (Å²) in [5.41, 5.74) is 1.93. The lowest BCUT2D eigenvalue weighted by molar-refractivity contribution is -0.123. The molecule has 2 aliphatic rings. The first kappa shape index (κ1) is 12.6. The Hall–Kier alpha value is -2.10. The third kappa shape index (κ3) is 1.26. The van der Waals surface area contributed by atoms with E-state index in [1.54, 1.807) is 7.11 Å². The van der Waals surface area contributed by atoms with Gasteiger partial charge in [-0.05, 0) is 37.1 Å². The molecule has 1 aromatic heterocycles. The van der Waals surface area contributed by atoms with E-state index in [2.05, 4.69) is 0 Å². The van der Waals surface area contributed by atoms with Crippen LogP contribution in [0.4, 0.5) is 0 Å². The van der Waals surface area contributed by atoms with Crippen molar-refractivity contribution in [1.82, 2.24) is 4.57 Å². The summed E-state index contributed by atoms with van der Waals surface area (Å²) in [5.74, 6) is 0.872. The van der Waals surface area contributed by atoms with E-state index in [-0.39, 0.29) is 17.5 Å². The normalized spacial score (nSPS) is 27.3. The van der Waals surface area contributed by atoms with Crippen LogP contribution >= 0.6 is 0 Å². The lowest BCUT2D eigenvalue weighted by Crippen LogP contribution is -2.32. The summed E-state index contributed by atoms with van der Waals surface area (Å²) in [6, 6.07) is 5.87. The van der Waals surface area contributed by atoms with Crippen LogP contribution in [-0.2, 0) is 11.8 Å². The van der Waals surface area contributed by atoms with Crippen LogP contribution in [0.1, 0.15) is 41.7 Å². The number of Topliss-reactive ketones (excluding diaryl/α,β-unsaturated/α-hetero) is 2. The van der Waals surface area contributed by atoms with Crippen molar-refractivity contribution < 1.29 is 14.3 Å². The number of ether oxygens (including phenoxy) is 1. The maximum Gasteiger partial charge on any atom is 0.193 e. The van der Waals surface area contributed by atoms with Crippen LogP contribution in [0.25, 0.3) is 10.9 Å². The second-order valence-corrected chi connectivity index (χ2v) is 6.25. The van der Waals surface area contributed by atoms with Gasteiger partial charge in [-0.25, -0.2) is 0 Å². The topological polar surface area (TPSA) is 48.3 Å². The predicted octanol–water partition coefficient (Wildman–Crippen LogP) is 2.84. The molecular weight excluding hydrogens is 266 g/mol. The first-order valence-corrected chi connectivity index (χ1v) is 7.24. The maximum atomic E-state index is 12.9. The second-order valence-electron chi connectivity index (χ2n) is 6.25. The molecule has 4 heteroatoms. The van der Waals surface area contributed by atoms with Crippen LogP contribution in [0, 0.1) is 5.41 Å². The van der Waals surface area contributed by atoms with Crippen molar-refractivity contribution in [3.63, 3.8) is 0 Å². The van der Waals surface area contributed by atoms with E-state index in [4.69, 9.17) is 4.74 Å². The Morgan fingerprint density at radius 3 is 2.81 bits per heavy atom. The number of ketones is 2. The number of carbonyl (C=O) groups is 2. The molecule has 2 aliphatic carbocycles. The van der Waals surface area contributed by atoms with Crippen LogP contribution in [0.5, 0.6) is 5.75 Å². The fourth-order valence-electron chi connectivity index (χ4n) is 4.19. The lowest BCUT2D eigenvalue weighted by atomic mass is 9.78. The molecule has 2 aromatic rings. The van der Waals surface area contributed by atoms with Gasteiger partial charge in [-0.3, -0.25) is 9.59 Å². The van der Waals surface area contributed by atoms with Gasteiger partial charge in [0.15, 0.2) is 5.78 Å². The number of rotatable bonds is 1. The molecule has 4 rings (SSSR count). The minimum absolute atomic E-state index is 0.0114. The summed E-state index contributed by atoms with van der Waals surface area (Å²) in [7, 11) is 3.54. The van der Waals surface area contributed by atoms with E-state index in [0.717, 1.165) is 28.6 Å². The number of carbonyl (C=O) groups excluding carboxylic acids is 2. The van der Waals surface area contributed by atoms with Crippen molar-refractivity contribution in [2.24, 2.45) is 12.5 Å². The number of nitrogens with zero attached hydrogens (tertiary/aromatic N) is 1. The van der Waals surface area contributed by atoms with E-state index in [1.807, 2.05) is 36.7 Å². The van der Waals surface area contributed by atoms with Crippen LogP contribution < -0.4 is 4.74 Å². The molecule has 0 radical (unpaired) electrons. The zero-order chi connectivity index (χ0) is 14.9. The fourth-order valence-corrected chi connectivity index (χ4v) is 4.19. The van der Waals surface area contributed by atoms with Gasteiger partial charge in [0.2, 0.25) is 0 Å². The number of fused-ring (bicyclic) bond motifs is 5. The van der Waals surface area contributed by atoms with Gasteiger partial charge in [-0.15, -0.1) is 0 Å². The highest BCUT2D eigenvalue weighted by molar-refractivity contribution is 6.21. The van der Waals surface area contributed by atoms with Gasteiger partial charge >= 0.3 is 0 Å². The van der Waals surface area contributed by atoms with E-state index in [0.29, 0.717) is 12.1 Å². The monoisotopic (exact) mass is 283 g/mol. The molecule has 0 amide bonds. The van der Waals surface area contributed by atoms with E-state index in [1.165, 1.54) is 0 Å². The summed E-state index contributed by atoms with van der Waals surface area (Å²) >= 11 is 0. The predicted molar refractivity (Wildman–Crippen MR) is 78.9 cm³/mol. The smallest absolute Gasteiger partial charge is 0.193 e. The highest BCUT2D eigenvalue weighted by atomic mass is 16.5. The number of methoxy groups -OCH3 is 1. The third-order valence-electron chi connectivity index (χ3n) is 5.42. The van der Waals surface area contributed by atoms with E-state index >= 15 is 0 Å². The average Bonchev–Trinajstić information content (AvgIpc) is 3.02. The number of benzene rings is 1. The summed E-state index contributed by atoms with van der Waals surface area (Å²) in [4.78, 5) is 25.2. The first-order chi connectivity index (χ1) is 10.00. The molecule has 0 bridgehead atoms. The quantitative estimate of drug-likeness (QED) is 0.756. The van der Waals surface area contributed by atoms with Crippen molar-refractivity contribution in [1.29, 1.82) is 0 Å². The molecule has 0 aliphatic heterocycles. The van der Waals surface area contributed by atoms with Crippen LogP contribution in [0.15, 0.2) is 18.2 Å². The Labute approximate surface area is 122 Å². The summed E-state index contributed by atoms with van der Waals surface area (Å²) in [6.45, 7) is 1.82. The van der Waals surface area contributed by atoms with Crippen molar-refractivity contribution >= 4 is 22.5 Å². The number of hydrogen-bond acceptors (Lipinski definition) is 3. The van der Waals surface area contributed by atoms with Crippen molar-refractivity contribution in [3.8, 4) is 5.75 Å². The molecule has 108 valence electrons. The van der Waals surface area contributed by atoms with E-state index in [9.17, 15) is 9.59 Å². The SMILES string of the molecule is COc1ccc2c(c1)c1c(n2C)C(=O)[C@]2(C)C(=O)CC[C@H]12. The molecule has 4 nitrogen and oxygen atoms in total. The molecule has 1 aromatic carbocycles. The molecule has 1 fully saturated rings. The number of hydrogen-bond donors (Lipinski definition) is 0. The minimum Gasteiger partial charge on any atom is -0.497 e. The molecule has 0 spiro atoms. The average molecular weight is 283 g/mol. The van der Waals surface area contributed by atoms with Gasteiger partial charge < -0.3 is 9.30 Å². The Morgan fingerprint density at radius 2 is 2.10 bits per heavy atom. The van der Waals surface area contributed by atoms with Gasteiger partial charge in [0.05, 0.1) is 18.2 Å². The van der Waals surface area contributed by atoms with Crippen molar-refractivity contribution in [3.05, 3.63) is 29.5 Å². The van der Waals surface area contributed by atoms with Crippen LogP contribution in [0.3, 0.4) is 0 Å². The summed E-state index contributed by atoms with van der Waals surface area (Å²) in [5, 5.41) is 1.05. The minimum atomic E-state index is -0.848. The first-order valence-electron chi connectivity index (χ1n) is 7.24. The molecular formula is C17H17NO3. The van der Waals surface area contributed by atoms with Gasteiger partial charge in [-0.2, -0.15) is 0 Å². The summed E-state index contributed by atoms with van der Waals surface area (Å²) in [6.07, 6.45) is 1.27. The molecule has 21 heavy (non-hydrogen) atoms. The van der Waals surface area contributed by atoms with Crippen LogP contribution in [-0.4, -0.2) is 23.2 Å². The number of aromatic nitrogens is 1. The van der Waals surface area contributed by atoms with Crippen molar-refractivity contribution in [2.75, 3.05) is 7.11 Å². The van der Waals surface area contributed by atoms with Crippen molar-refractivity contribution in [2.45, 2.75) is 25.7 Å². The third-order valence-corrected chi connectivity index (χ3v) is 5.42. The maximum absolute atomic E-state index is 12.9. The molecule has 0 N–H and O–H groups in total. The highest BCUT2D eigenvalue weighted by Gasteiger charge is 2.59.